The Bertz CT molecular complexity index is 1090. The van der Waals surface area contributed by atoms with Crippen LogP contribution in [0.5, 0.6) is 0 Å². The van der Waals surface area contributed by atoms with Crippen molar-refractivity contribution in [3.8, 4) is 0 Å². The number of hydrogen-bond donors (Lipinski definition) is 0. The van der Waals surface area contributed by atoms with E-state index < -0.39 is 10.0 Å². The fourth-order valence-electron chi connectivity index (χ4n) is 3.23. The first kappa shape index (κ1) is 17.2. The number of rotatable bonds is 4. The Hall–Kier alpha value is -2.18. The first-order chi connectivity index (χ1) is 12.6. The third kappa shape index (κ3) is 3.15. The summed E-state index contributed by atoms with van der Waals surface area (Å²) >= 11 is 3.34. The van der Waals surface area contributed by atoms with Crippen molar-refractivity contribution in [1.29, 1.82) is 0 Å². The van der Waals surface area contributed by atoms with E-state index >= 15 is 0 Å². The van der Waals surface area contributed by atoms with E-state index in [-0.39, 0.29) is 4.90 Å². The van der Waals surface area contributed by atoms with Crippen LogP contribution in [0.2, 0.25) is 0 Å². The Morgan fingerprint density at radius 3 is 2.50 bits per heavy atom. The lowest BCUT2D eigenvalue weighted by Crippen LogP contribution is -2.35. The molecule has 6 heteroatoms. The van der Waals surface area contributed by atoms with Gasteiger partial charge in [0.05, 0.1) is 18.0 Å². The van der Waals surface area contributed by atoms with Gasteiger partial charge in [-0.1, -0.05) is 58.4 Å². The molecule has 132 valence electrons. The van der Waals surface area contributed by atoms with Gasteiger partial charge >= 0.3 is 0 Å². The van der Waals surface area contributed by atoms with Gasteiger partial charge in [0.2, 0.25) is 0 Å². The maximum Gasteiger partial charge on any atom is 0.265 e. The van der Waals surface area contributed by atoms with E-state index in [2.05, 4.69) is 39.1 Å². The predicted molar refractivity (Wildman–Crippen MR) is 108 cm³/mol. The van der Waals surface area contributed by atoms with Crippen LogP contribution in [0.15, 0.2) is 81.1 Å². The Morgan fingerprint density at radius 2 is 1.69 bits per heavy atom. The van der Waals surface area contributed by atoms with Crippen molar-refractivity contribution in [1.82, 2.24) is 4.31 Å². The molecule has 0 aromatic heterocycles. The molecular formula is C20H17BrN2O2S. The van der Waals surface area contributed by atoms with Gasteiger partial charge in [-0.15, -0.1) is 0 Å². The Balaban J connectivity index is 1.67. The maximum atomic E-state index is 13.0. The van der Waals surface area contributed by atoms with Crippen LogP contribution in [0, 0.1) is 0 Å². The molecule has 3 aromatic carbocycles. The molecule has 0 atom stereocenters. The van der Waals surface area contributed by atoms with Crippen molar-refractivity contribution in [3.05, 3.63) is 76.8 Å². The summed E-state index contributed by atoms with van der Waals surface area (Å²) in [4.78, 5) is 4.77. The third-order valence-electron chi connectivity index (χ3n) is 4.52. The first-order valence-corrected chi connectivity index (χ1v) is 10.6. The lowest BCUT2D eigenvalue weighted by atomic mass is 10.0. The molecule has 0 N–H and O–H groups in total. The van der Waals surface area contributed by atoms with E-state index in [4.69, 9.17) is 0 Å². The smallest absolute Gasteiger partial charge is 0.265 e. The van der Waals surface area contributed by atoms with E-state index in [0.717, 1.165) is 20.8 Å². The summed E-state index contributed by atoms with van der Waals surface area (Å²) in [5.41, 5.74) is 1.08. The largest absolute Gasteiger partial charge is 0.269 e. The summed E-state index contributed by atoms with van der Waals surface area (Å²) in [6, 6.07) is 20.9. The number of nitrogens with zero attached hydrogens (tertiary/aromatic N) is 2. The topological polar surface area (TPSA) is 49.7 Å². The molecule has 4 rings (SSSR count). The van der Waals surface area contributed by atoms with Crippen LogP contribution in [0.1, 0.15) is 5.56 Å². The number of aliphatic imine (C=N–C) groups is 1. The van der Waals surface area contributed by atoms with Crippen LogP contribution in [0.4, 0.5) is 0 Å². The fraction of sp³-hybridized carbons (Fsp3) is 0.150. The van der Waals surface area contributed by atoms with Gasteiger partial charge in [0.1, 0.15) is 5.84 Å². The van der Waals surface area contributed by atoms with E-state index in [1.54, 1.807) is 24.3 Å². The number of amidine groups is 1. The fourth-order valence-corrected chi connectivity index (χ4v) is 4.95. The second-order valence-corrected chi connectivity index (χ2v) is 8.92. The average Bonchev–Trinajstić information content (AvgIpc) is 3.11. The SMILES string of the molecule is O=S(=O)(c1ccc(Br)cc1)N1CCN=C1Cc1cccc2ccccc12. The van der Waals surface area contributed by atoms with E-state index in [0.29, 0.717) is 25.3 Å². The molecule has 0 saturated carbocycles. The van der Waals surface area contributed by atoms with Crippen molar-refractivity contribution in [3.63, 3.8) is 0 Å². The highest BCUT2D eigenvalue weighted by Gasteiger charge is 2.30. The molecule has 0 bridgehead atoms. The number of hydrogen-bond acceptors (Lipinski definition) is 3. The molecule has 1 aliphatic heterocycles. The monoisotopic (exact) mass is 428 g/mol. The van der Waals surface area contributed by atoms with Gasteiger partial charge in [-0.25, -0.2) is 8.42 Å². The van der Waals surface area contributed by atoms with Crippen molar-refractivity contribution in [2.45, 2.75) is 11.3 Å². The van der Waals surface area contributed by atoms with E-state index in [1.165, 1.54) is 4.31 Å². The summed E-state index contributed by atoms with van der Waals surface area (Å²) in [5.74, 6) is 0.601. The van der Waals surface area contributed by atoms with Crippen molar-refractivity contribution in [2.24, 2.45) is 4.99 Å². The number of fused-ring (bicyclic) bond motifs is 1. The molecule has 0 aliphatic carbocycles. The summed E-state index contributed by atoms with van der Waals surface area (Å²) in [6.07, 6.45) is 0.497. The van der Waals surface area contributed by atoms with E-state index in [9.17, 15) is 8.42 Å². The minimum Gasteiger partial charge on any atom is -0.269 e. The molecular weight excluding hydrogens is 412 g/mol. The molecule has 1 aliphatic rings. The molecule has 0 spiro atoms. The molecule has 1 heterocycles. The summed E-state index contributed by atoms with van der Waals surface area (Å²) in [5, 5.41) is 2.27. The molecule has 0 unspecified atom stereocenters. The molecule has 3 aromatic rings. The maximum absolute atomic E-state index is 13.0. The number of benzene rings is 3. The molecule has 4 nitrogen and oxygen atoms in total. The molecule has 26 heavy (non-hydrogen) atoms. The summed E-state index contributed by atoms with van der Waals surface area (Å²) in [6.45, 7) is 0.883. The zero-order chi connectivity index (χ0) is 18.1. The molecule has 0 amide bonds. The van der Waals surface area contributed by atoms with Gasteiger partial charge in [-0.3, -0.25) is 9.30 Å². The summed E-state index contributed by atoms with van der Waals surface area (Å²) < 4.78 is 28.4. The normalized spacial score (nSPS) is 14.7. The Kier molecular flexibility index (Phi) is 4.54. The van der Waals surface area contributed by atoms with Crippen LogP contribution in [0.25, 0.3) is 10.8 Å². The standard InChI is InChI=1S/C20H17BrN2O2S/c21-17-8-10-18(11-9-17)26(24,25)23-13-12-22-20(23)14-16-6-3-5-15-4-1-2-7-19(15)16/h1-11H,12-14H2. The zero-order valence-electron chi connectivity index (χ0n) is 14.0. The van der Waals surface area contributed by atoms with Gasteiger partial charge < -0.3 is 0 Å². The van der Waals surface area contributed by atoms with Crippen molar-refractivity contribution in [2.75, 3.05) is 13.1 Å². The molecule has 0 saturated heterocycles. The van der Waals surface area contributed by atoms with Crippen LogP contribution < -0.4 is 0 Å². The van der Waals surface area contributed by atoms with Gasteiger partial charge in [-0.05, 0) is 40.6 Å². The highest BCUT2D eigenvalue weighted by Crippen LogP contribution is 2.24. The minimum absolute atomic E-state index is 0.285. The van der Waals surface area contributed by atoms with Crippen LogP contribution in [-0.2, 0) is 16.4 Å². The highest BCUT2D eigenvalue weighted by atomic mass is 79.9. The van der Waals surface area contributed by atoms with Gasteiger partial charge in [0.15, 0.2) is 0 Å². The van der Waals surface area contributed by atoms with Crippen LogP contribution in [-0.4, -0.2) is 31.6 Å². The third-order valence-corrected chi connectivity index (χ3v) is 6.89. The second-order valence-electron chi connectivity index (χ2n) is 6.14. The Morgan fingerprint density at radius 1 is 0.962 bits per heavy atom. The van der Waals surface area contributed by atoms with Crippen molar-refractivity contribution >= 4 is 42.6 Å². The molecule has 0 radical (unpaired) electrons. The van der Waals surface area contributed by atoms with Gasteiger partial charge in [-0.2, -0.15) is 0 Å². The van der Waals surface area contributed by atoms with Gasteiger partial charge in [0, 0.05) is 10.9 Å². The Labute approximate surface area is 161 Å². The average molecular weight is 429 g/mol. The first-order valence-electron chi connectivity index (χ1n) is 8.34. The predicted octanol–water partition coefficient (Wildman–Crippen LogP) is 4.25. The lowest BCUT2D eigenvalue weighted by Gasteiger charge is -2.21. The zero-order valence-corrected chi connectivity index (χ0v) is 16.4. The van der Waals surface area contributed by atoms with Crippen LogP contribution >= 0.6 is 15.9 Å². The minimum atomic E-state index is -3.60. The van der Waals surface area contributed by atoms with Crippen LogP contribution in [0.3, 0.4) is 0 Å². The second kappa shape index (κ2) is 6.85. The lowest BCUT2D eigenvalue weighted by molar-refractivity contribution is 0.535. The van der Waals surface area contributed by atoms with Crippen molar-refractivity contribution < 1.29 is 8.42 Å². The highest BCUT2D eigenvalue weighted by molar-refractivity contribution is 9.10. The summed E-state index contributed by atoms with van der Waals surface area (Å²) in [7, 11) is -3.60. The quantitative estimate of drug-likeness (QED) is 0.623. The molecule has 0 fully saturated rings. The number of sulfonamides is 1. The van der Waals surface area contributed by atoms with Gasteiger partial charge in [0.25, 0.3) is 10.0 Å². The van der Waals surface area contributed by atoms with E-state index in [1.807, 2.05) is 24.3 Å². The number of halogens is 1.